The fourth-order valence-corrected chi connectivity index (χ4v) is 3.52. The van der Waals surface area contributed by atoms with E-state index < -0.39 is 0 Å². The standard InChI is InChI=1S/C16H16ClN3O4/c1-7(2)20-15-13(16(22)19-20)9(5-12(21)18-15)8-3-10(17)14-11(4-8)23-6-24-14/h3-4,7,9H,5-6H2,1-2H3,(H,18,21)(H,19,22)/t9-/m1/s1. The van der Waals surface area contributed by atoms with E-state index >= 15 is 0 Å². The van der Waals surface area contributed by atoms with Gasteiger partial charge in [-0.2, -0.15) is 0 Å². The number of hydrogen-bond acceptors (Lipinski definition) is 4. The van der Waals surface area contributed by atoms with Crippen molar-refractivity contribution in [3.63, 3.8) is 0 Å². The molecule has 0 unspecified atom stereocenters. The number of aromatic amines is 1. The van der Waals surface area contributed by atoms with Gasteiger partial charge in [-0.3, -0.25) is 19.4 Å². The Bertz CT molecular complexity index is 899. The third kappa shape index (κ3) is 2.19. The molecule has 1 atom stereocenters. The minimum atomic E-state index is -0.385. The maximum absolute atomic E-state index is 12.5. The summed E-state index contributed by atoms with van der Waals surface area (Å²) in [6.07, 6.45) is 0.175. The summed E-state index contributed by atoms with van der Waals surface area (Å²) in [6.45, 7) is 3.98. The number of benzene rings is 1. The second-order valence-corrected chi connectivity index (χ2v) is 6.62. The molecular weight excluding hydrogens is 334 g/mol. The topological polar surface area (TPSA) is 85.4 Å². The molecule has 8 heteroatoms. The van der Waals surface area contributed by atoms with Crippen molar-refractivity contribution in [1.29, 1.82) is 0 Å². The van der Waals surface area contributed by atoms with Gasteiger partial charge in [0.15, 0.2) is 11.5 Å². The number of nitrogens with one attached hydrogen (secondary N) is 2. The van der Waals surface area contributed by atoms with Crippen molar-refractivity contribution in [2.45, 2.75) is 32.2 Å². The molecule has 0 spiro atoms. The van der Waals surface area contributed by atoms with Gasteiger partial charge < -0.3 is 14.8 Å². The van der Waals surface area contributed by atoms with Crippen LogP contribution >= 0.6 is 11.6 Å². The number of amides is 1. The van der Waals surface area contributed by atoms with E-state index in [2.05, 4.69) is 10.4 Å². The lowest BCUT2D eigenvalue weighted by Gasteiger charge is -2.24. The summed E-state index contributed by atoms with van der Waals surface area (Å²) in [6, 6.07) is 3.53. The average molecular weight is 350 g/mol. The van der Waals surface area contributed by atoms with Crippen molar-refractivity contribution >= 4 is 23.3 Å². The van der Waals surface area contributed by atoms with Gasteiger partial charge in [-0.05, 0) is 31.5 Å². The van der Waals surface area contributed by atoms with E-state index in [1.54, 1.807) is 16.8 Å². The van der Waals surface area contributed by atoms with Gasteiger partial charge >= 0.3 is 0 Å². The number of nitrogens with zero attached hydrogens (tertiary/aromatic N) is 1. The Hall–Kier alpha value is -2.41. The van der Waals surface area contributed by atoms with Crippen LogP contribution in [0.15, 0.2) is 16.9 Å². The number of ether oxygens (including phenoxy) is 2. The number of anilines is 1. The van der Waals surface area contributed by atoms with Gasteiger partial charge in [0.2, 0.25) is 12.7 Å². The maximum Gasteiger partial charge on any atom is 0.270 e. The molecule has 2 aliphatic rings. The molecule has 2 aliphatic heterocycles. The molecule has 1 aromatic carbocycles. The molecule has 0 saturated heterocycles. The molecule has 0 aliphatic carbocycles. The number of rotatable bonds is 2. The van der Waals surface area contributed by atoms with Crippen molar-refractivity contribution in [3.8, 4) is 11.5 Å². The molecule has 1 aromatic heterocycles. The zero-order valence-electron chi connectivity index (χ0n) is 13.2. The lowest BCUT2D eigenvalue weighted by atomic mass is 9.87. The molecule has 3 heterocycles. The smallest absolute Gasteiger partial charge is 0.270 e. The normalized spacial score (nSPS) is 18.7. The summed E-state index contributed by atoms with van der Waals surface area (Å²) in [5.41, 5.74) is 1.09. The van der Waals surface area contributed by atoms with Gasteiger partial charge in [0.25, 0.3) is 5.56 Å². The Labute approximate surface area is 142 Å². The zero-order valence-corrected chi connectivity index (χ0v) is 13.9. The lowest BCUT2D eigenvalue weighted by molar-refractivity contribution is -0.116. The number of fused-ring (bicyclic) bond motifs is 2. The third-order valence-corrected chi connectivity index (χ3v) is 4.61. The molecule has 24 heavy (non-hydrogen) atoms. The Morgan fingerprint density at radius 3 is 2.83 bits per heavy atom. The largest absolute Gasteiger partial charge is 0.454 e. The molecule has 4 rings (SSSR count). The highest BCUT2D eigenvalue weighted by Gasteiger charge is 2.34. The van der Waals surface area contributed by atoms with E-state index in [1.807, 2.05) is 13.8 Å². The van der Waals surface area contributed by atoms with Crippen LogP contribution in [0.2, 0.25) is 5.02 Å². The first-order valence-electron chi connectivity index (χ1n) is 7.69. The number of carbonyl (C=O) groups excluding carboxylic acids is 1. The van der Waals surface area contributed by atoms with Crippen molar-refractivity contribution < 1.29 is 14.3 Å². The Morgan fingerprint density at radius 2 is 2.08 bits per heavy atom. The maximum atomic E-state index is 12.5. The summed E-state index contributed by atoms with van der Waals surface area (Å²) >= 11 is 6.26. The van der Waals surface area contributed by atoms with Crippen molar-refractivity contribution in [3.05, 3.63) is 38.6 Å². The minimum Gasteiger partial charge on any atom is -0.454 e. The lowest BCUT2D eigenvalue weighted by Crippen LogP contribution is -2.27. The van der Waals surface area contributed by atoms with Crippen LogP contribution in [0.4, 0.5) is 5.82 Å². The van der Waals surface area contributed by atoms with Crippen LogP contribution in [0.25, 0.3) is 0 Å². The van der Waals surface area contributed by atoms with Gasteiger partial charge in [-0.15, -0.1) is 0 Å². The van der Waals surface area contributed by atoms with Crippen LogP contribution in [-0.4, -0.2) is 22.5 Å². The third-order valence-electron chi connectivity index (χ3n) is 4.33. The Morgan fingerprint density at radius 1 is 1.29 bits per heavy atom. The monoisotopic (exact) mass is 349 g/mol. The molecule has 0 radical (unpaired) electrons. The Balaban J connectivity index is 1.88. The molecule has 0 fully saturated rings. The van der Waals surface area contributed by atoms with Crippen molar-refractivity contribution in [2.75, 3.05) is 12.1 Å². The minimum absolute atomic E-state index is 0.0147. The van der Waals surface area contributed by atoms with Crippen LogP contribution in [0.1, 0.15) is 43.4 Å². The van der Waals surface area contributed by atoms with Gasteiger partial charge in [0.1, 0.15) is 5.82 Å². The highest BCUT2D eigenvalue weighted by molar-refractivity contribution is 6.32. The van der Waals surface area contributed by atoms with Crippen LogP contribution in [-0.2, 0) is 4.79 Å². The number of H-pyrrole nitrogens is 1. The van der Waals surface area contributed by atoms with Crippen LogP contribution < -0.4 is 20.3 Å². The van der Waals surface area contributed by atoms with E-state index in [1.165, 1.54) is 0 Å². The average Bonchev–Trinajstić information content (AvgIpc) is 3.11. The first kappa shape index (κ1) is 15.1. The number of hydrogen-bond donors (Lipinski definition) is 2. The first-order chi connectivity index (χ1) is 11.5. The second-order valence-electron chi connectivity index (χ2n) is 6.21. The fourth-order valence-electron chi connectivity index (χ4n) is 3.24. The van der Waals surface area contributed by atoms with Crippen LogP contribution in [0, 0.1) is 0 Å². The summed E-state index contributed by atoms with van der Waals surface area (Å²) in [4.78, 5) is 24.7. The quantitative estimate of drug-likeness (QED) is 0.872. The second kappa shape index (κ2) is 5.31. The van der Waals surface area contributed by atoms with Gasteiger partial charge in [-0.1, -0.05) is 11.6 Å². The molecular formula is C16H16ClN3O4. The fraction of sp³-hybridized carbons (Fsp3) is 0.375. The summed E-state index contributed by atoms with van der Waals surface area (Å²) in [7, 11) is 0. The molecule has 2 aromatic rings. The number of carbonyl (C=O) groups is 1. The predicted octanol–water partition coefficient (Wildman–Crippen LogP) is 2.61. The van der Waals surface area contributed by atoms with E-state index in [4.69, 9.17) is 21.1 Å². The molecule has 0 bridgehead atoms. The summed E-state index contributed by atoms with van der Waals surface area (Å²) < 4.78 is 12.4. The van der Waals surface area contributed by atoms with Gasteiger partial charge in [0.05, 0.1) is 10.6 Å². The molecule has 126 valence electrons. The first-order valence-corrected chi connectivity index (χ1v) is 8.06. The van der Waals surface area contributed by atoms with Crippen molar-refractivity contribution in [1.82, 2.24) is 9.78 Å². The highest BCUT2D eigenvalue weighted by Crippen LogP contribution is 2.44. The van der Waals surface area contributed by atoms with E-state index in [0.717, 1.165) is 5.56 Å². The van der Waals surface area contributed by atoms with E-state index in [0.29, 0.717) is 27.9 Å². The molecule has 1 amide bonds. The van der Waals surface area contributed by atoms with Gasteiger partial charge in [0, 0.05) is 18.4 Å². The SMILES string of the molecule is CC(C)n1[nH]c(=O)c2c1NC(=O)C[C@@H]2c1cc(Cl)c2c(c1)OCO2. The number of aromatic nitrogens is 2. The molecule has 7 nitrogen and oxygen atoms in total. The number of halogens is 1. The molecule has 0 saturated carbocycles. The van der Waals surface area contributed by atoms with E-state index in [9.17, 15) is 9.59 Å². The highest BCUT2D eigenvalue weighted by atomic mass is 35.5. The summed E-state index contributed by atoms with van der Waals surface area (Å²) in [5, 5.41) is 6.01. The van der Waals surface area contributed by atoms with Crippen LogP contribution in [0.3, 0.4) is 0 Å². The molecule has 2 N–H and O–H groups in total. The predicted molar refractivity (Wildman–Crippen MR) is 88.1 cm³/mol. The van der Waals surface area contributed by atoms with Gasteiger partial charge in [-0.25, -0.2) is 0 Å². The van der Waals surface area contributed by atoms with E-state index in [-0.39, 0.29) is 36.6 Å². The van der Waals surface area contributed by atoms with Crippen molar-refractivity contribution in [2.24, 2.45) is 0 Å². The zero-order chi connectivity index (χ0) is 17.0. The Kier molecular flexibility index (Phi) is 3.35. The summed E-state index contributed by atoms with van der Waals surface area (Å²) in [5.74, 6) is 1.02. The van der Waals surface area contributed by atoms with Crippen LogP contribution in [0.5, 0.6) is 11.5 Å².